The number of nitrogens with zero attached hydrogens (tertiary/aromatic N) is 2. The molecule has 0 atom stereocenters. The van der Waals surface area contributed by atoms with Crippen LogP contribution in [0.15, 0.2) is 21.9 Å². The summed E-state index contributed by atoms with van der Waals surface area (Å²) in [4.78, 5) is 18.6. The molecule has 0 aromatic carbocycles. The molecule has 0 bridgehead atoms. The number of rotatable bonds is 3. The Morgan fingerprint density at radius 2 is 2.06 bits per heavy atom. The van der Waals surface area contributed by atoms with Crippen molar-refractivity contribution in [1.82, 2.24) is 5.32 Å². The minimum absolute atomic E-state index is 0.192. The van der Waals surface area contributed by atoms with Crippen molar-refractivity contribution in [1.29, 1.82) is 0 Å². The molecule has 0 rings (SSSR count). The lowest BCUT2D eigenvalue weighted by atomic mass is 10.2. The number of aliphatic imine (C=N–C) groups is 2. The van der Waals surface area contributed by atoms with E-state index in [-0.39, 0.29) is 11.7 Å². The fourth-order valence-electron chi connectivity index (χ4n) is 0.734. The highest BCUT2D eigenvalue weighted by Crippen LogP contribution is 2.07. The van der Waals surface area contributed by atoms with Gasteiger partial charge < -0.3 is 10.5 Å². The van der Waals surface area contributed by atoms with Gasteiger partial charge in [-0.2, -0.15) is 0 Å². The van der Waals surface area contributed by atoms with Crippen LogP contribution in [0.2, 0.25) is 0 Å². The van der Waals surface area contributed by atoms with Crippen LogP contribution in [0.3, 0.4) is 0 Å². The first-order chi connectivity index (χ1) is 7.28. The Balaban J connectivity index is 4.52. The molecule has 16 heavy (non-hydrogen) atoms. The Morgan fingerprint density at radius 3 is 2.44 bits per heavy atom. The van der Waals surface area contributed by atoms with Crippen LogP contribution >= 0.6 is 0 Å². The number of hydrogen-bond acceptors (Lipinski definition) is 4. The minimum Gasteiger partial charge on any atom is -0.444 e. The van der Waals surface area contributed by atoms with E-state index in [9.17, 15) is 4.79 Å². The van der Waals surface area contributed by atoms with Crippen LogP contribution in [0.4, 0.5) is 4.79 Å². The second-order valence-electron chi connectivity index (χ2n) is 3.96. The highest BCUT2D eigenvalue weighted by molar-refractivity contribution is 5.92. The molecule has 0 fully saturated rings. The number of carbonyl (C=O) groups excluding carboxylic acids is 1. The van der Waals surface area contributed by atoms with E-state index in [1.807, 2.05) is 0 Å². The van der Waals surface area contributed by atoms with Crippen molar-refractivity contribution in [3.05, 3.63) is 11.9 Å². The van der Waals surface area contributed by atoms with Crippen molar-refractivity contribution in [3.8, 4) is 0 Å². The van der Waals surface area contributed by atoms with E-state index in [0.717, 1.165) is 0 Å². The summed E-state index contributed by atoms with van der Waals surface area (Å²) in [5, 5.41) is 2.40. The Hall–Kier alpha value is -1.85. The molecule has 0 aliphatic rings. The van der Waals surface area contributed by atoms with Gasteiger partial charge in [0.15, 0.2) is 0 Å². The van der Waals surface area contributed by atoms with E-state index in [0.29, 0.717) is 0 Å². The number of amides is 1. The molecular formula is C10H18N4O2. The number of nitrogens with one attached hydrogen (secondary N) is 1. The van der Waals surface area contributed by atoms with Gasteiger partial charge in [-0.15, -0.1) is 0 Å². The molecule has 1 amide bonds. The van der Waals surface area contributed by atoms with Crippen LogP contribution in [0.5, 0.6) is 0 Å². The van der Waals surface area contributed by atoms with E-state index in [1.165, 1.54) is 13.1 Å². The molecule has 0 radical (unpaired) electrons. The molecule has 0 spiro atoms. The van der Waals surface area contributed by atoms with Gasteiger partial charge in [0.05, 0.1) is 0 Å². The lowest BCUT2D eigenvalue weighted by molar-refractivity contribution is 0.0545. The molecule has 0 aromatic heterocycles. The Bertz CT molecular complexity index is 326. The van der Waals surface area contributed by atoms with Crippen LogP contribution < -0.4 is 11.1 Å². The lowest BCUT2D eigenvalue weighted by Gasteiger charge is -2.19. The summed E-state index contributed by atoms with van der Waals surface area (Å²) in [5.41, 5.74) is 4.88. The maximum atomic E-state index is 11.4. The Kier molecular flexibility index (Phi) is 5.21. The largest absolute Gasteiger partial charge is 0.444 e. The van der Waals surface area contributed by atoms with Gasteiger partial charge in [0, 0.05) is 13.1 Å². The van der Waals surface area contributed by atoms with Crippen molar-refractivity contribution in [3.63, 3.8) is 0 Å². The maximum Gasteiger partial charge on any atom is 0.413 e. The molecule has 0 heterocycles. The van der Waals surface area contributed by atoms with E-state index < -0.39 is 11.7 Å². The molecule has 0 aromatic rings. The first-order valence-electron chi connectivity index (χ1n) is 4.69. The van der Waals surface area contributed by atoms with Gasteiger partial charge in [0.2, 0.25) is 0 Å². The molecule has 0 unspecified atom stereocenters. The van der Waals surface area contributed by atoms with Crippen molar-refractivity contribution in [2.45, 2.75) is 26.4 Å². The molecule has 6 nitrogen and oxygen atoms in total. The molecule has 0 saturated carbocycles. The quantitative estimate of drug-likeness (QED) is 0.556. The smallest absolute Gasteiger partial charge is 0.413 e. The van der Waals surface area contributed by atoms with Crippen LogP contribution in [0, 0.1) is 0 Å². The maximum absolute atomic E-state index is 11.4. The first kappa shape index (κ1) is 14.2. The summed E-state index contributed by atoms with van der Waals surface area (Å²) in [6, 6.07) is 0. The number of nitrogens with two attached hydrogens (primary N) is 1. The predicted molar refractivity (Wildman–Crippen MR) is 64.5 cm³/mol. The second-order valence-corrected chi connectivity index (χ2v) is 3.96. The summed E-state index contributed by atoms with van der Waals surface area (Å²) in [6.45, 7) is 8.59. The zero-order valence-corrected chi connectivity index (χ0v) is 10.1. The first-order valence-corrected chi connectivity index (χ1v) is 4.69. The van der Waals surface area contributed by atoms with E-state index >= 15 is 0 Å². The highest BCUT2D eigenvalue weighted by Gasteiger charge is 2.16. The summed E-state index contributed by atoms with van der Waals surface area (Å²) in [7, 11) is 1.53. The van der Waals surface area contributed by atoms with Crippen LogP contribution in [0.25, 0.3) is 0 Å². The topological polar surface area (TPSA) is 89.1 Å². The fourth-order valence-corrected chi connectivity index (χ4v) is 0.734. The average Bonchev–Trinajstić information content (AvgIpc) is 2.13. The zero-order chi connectivity index (χ0) is 12.8. The van der Waals surface area contributed by atoms with Gasteiger partial charge in [-0.1, -0.05) is 0 Å². The van der Waals surface area contributed by atoms with Crippen LogP contribution in [0.1, 0.15) is 20.8 Å². The van der Waals surface area contributed by atoms with Gasteiger partial charge in [0.25, 0.3) is 0 Å². The summed E-state index contributed by atoms with van der Waals surface area (Å²) in [5.74, 6) is 0.427. The monoisotopic (exact) mass is 226 g/mol. The fraction of sp³-hybridized carbons (Fsp3) is 0.500. The third-order valence-electron chi connectivity index (χ3n) is 1.34. The number of hydrogen-bond donors (Lipinski definition) is 2. The van der Waals surface area contributed by atoms with Gasteiger partial charge >= 0.3 is 6.09 Å². The van der Waals surface area contributed by atoms with Crippen molar-refractivity contribution >= 4 is 18.6 Å². The van der Waals surface area contributed by atoms with Crippen molar-refractivity contribution in [2.75, 3.05) is 7.05 Å². The molecule has 6 heteroatoms. The Labute approximate surface area is 95.3 Å². The highest BCUT2D eigenvalue weighted by atomic mass is 16.6. The summed E-state index contributed by atoms with van der Waals surface area (Å²) in [6.07, 6.45) is 0.770. The van der Waals surface area contributed by atoms with Crippen LogP contribution in [-0.4, -0.2) is 31.3 Å². The van der Waals surface area contributed by atoms with E-state index in [4.69, 9.17) is 10.5 Å². The van der Waals surface area contributed by atoms with Crippen molar-refractivity contribution < 1.29 is 9.53 Å². The van der Waals surface area contributed by atoms with Gasteiger partial charge in [-0.3, -0.25) is 10.3 Å². The molecule has 3 N–H and O–H groups in total. The Morgan fingerprint density at radius 1 is 1.50 bits per heavy atom. The minimum atomic E-state index is -0.616. The number of amidine groups is 1. The number of carbonyl (C=O) groups is 1. The molecule has 0 aliphatic heterocycles. The normalized spacial score (nSPS) is 13.2. The summed E-state index contributed by atoms with van der Waals surface area (Å²) >= 11 is 0. The molecule has 0 aliphatic carbocycles. The van der Waals surface area contributed by atoms with Gasteiger partial charge in [-0.25, -0.2) is 9.79 Å². The third-order valence-corrected chi connectivity index (χ3v) is 1.34. The van der Waals surface area contributed by atoms with E-state index in [2.05, 4.69) is 22.0 Å². The SMILES string of the molecule is C=N/C(=C\C(N)=NC)NC(=O)OC(C)(C)C. The molecular weight excluding hydrogens is 208 g/mol. The molecule has 90 valence electrons. The van der Waals surface area contributed by atoms with Gasteiger partial charge in [0.1, 0.15) is 17.3 Å². The second kappa shape index (κ2) is 5.89. The lowest BCUT2D eigenvalue weighted by Crippen LogP contribution is -2.32. The molecule has 0 saturated heterocycles. The number of ether oxygens (including phenoxy) is 1. The van der Waals surface area contributed by atoms with Crippen LogP contribution in [-0.2, 0) is 4.74 Å². The number of alkyl carbamates (subject to hydrolysis) is 1. The standard InChI is InChI=1S/C10H18N4O2/c1-10(2,3)16-9(15)14-8(13-5)6-7(11)12-4/h6H,5H2,1-4H3,(H2,11,12)(H,14,15)/b8-6+. The van der Waals surface area contributed by atoms with E-state index in [1.54, 1.807) is 20.8 Å². The third kappa shape index (κ3) is 6.58. The summed E-state index contributed by atoms with van der Waals surface area (Å²) < 4.78 is 5.03. The van der Waals surface area contributed by atoms with Crippen molar-refractivity contribution in [2.24, 2.45) is 15.7 Å². The predicted octanol–water partition coefficient (Wildman–Crippen LogP) is 1.04. The zero-order valence-electron chi connectivity index (χ0n) is 10.1. The average molecular weight is 226 g/mol. The van der Waals surface area contributed by atoms with Gasteiger partial charge in [-0.05, 0) is 27.5 Å².